The van der Waals surface area contributed by atoms with Gasteiger partial charge in [-0.25, -0.2) is 8.78 Å². The number of halogens is 2. The molecule has 0 aromatic rings. The summed E-state index contributed by atoms with van der Waals surface area (Å²) in [6, 6.07) is 0. The van der Waals surface area contributed by atoms with Crippen molar-refractivity contribution in [3.63, 3.8) is 0 Å². The largest absolute Gasteiger partial charge is 0.513 e. The van der Waals surface area contributed by atoms with Gasteiger partial charge in [0.2, 0.25) is 5.92 Å². The van der Waals surface area contributed by atoms with Crippen molar-refractivity contribution in [1.29, 1.82) is 0 Å². The summed E-state index contributed by atoms with van der Waals surface area (Å²) in [4.78, 5) is 0. The molecule has 0 saturated carbocycles. The number of hydrogen-bond donors (Lipinski definition) is 1. The van der Waals surface area contributed by atoms with E-state index in [-0.39, 0.29) is 12.2 Å². The first kappa shape index (κ1) is 9.40. The van der Waals surface area contributed by atoms with E-state index in [1.54, 1.807) is 0 Å². The van der Waals surface area contributed by atoms with Crippen LogP contribution in [0.3, 0.4) is 0 Å². The van der Waals surface area contributed by atoms with E-state index in [0.29, 0.717) is 0 Å². The van der Waals surface area contributed by atoms with Gasteiger partial charge < -0.3 is 5.11 Å². The predicted molar refractivity (Wildman–Crippen MR) is 36.2 cm³/mol. The zero-order valence-corrected chi connectivity index (χ0v) is 6.19. The molecule has 1 nitrogen and oxygen atoms in total. The van der Waals surface area contributed by atoms with Gasteiger partial charge in [0, 0.05) is 12.3 Å². The summed E-state index contributed by atoms with van der Waals surface area (Å²) in [6.45, 7) is 5.34. The number of allylic oxidation sites excluding steroid dienone is 1. The van der Waals surface area contributed by atoms with Crippen LogP contribution in [0.1, 0.15) is 20.3 Å². The van der Waals surface area contributed by atoms with Gasteiger partial charge in [0.1, 0.15) is 0 Å². The third-order valence-corrected chi connectivity index (χ3v) is 1.41. The molecule has 1 atom stereocenters. The Morgan fingerprint density at radius 2 is 2.10 bits per heavy atom. The molecule has 0 bridgehead atoms. The van der Waals surface area contributed by atoms with Crippen molar-refractivity contribution in [1.82, 2.24) is 0 Å². The van der Waals surface area contributed by atoms with Gasteiger partial charge in [-0.1, -0.05) is 13.5 Å². The zero-order valence-electron chi connectivity index (χ0n) is 6.19. The lowest BCUT2D eigenvalue weighted by atomic mass is 10.0. The van der Waals surface area contributed by atoms with Gasteiger partial charge in [-0.05, 0) is 6.92 Å². The van der Waals surface area contributed by atoms with E-state index in [9.17, 15) is 8.78 Å². The Labute approximate surface area is 59.4 Å². The second-order valence-corrected chi connectivity index (χ2v) is 2.63. The minimum Gasteiger partial charge on any atom is -0.513 e. The van der Waals surface area contributed by atoms with Crippen LogP contribution >= 0.6 is 0 Å². The topological polar surface area (TPSA) is 20.2 Å². The molecule has 1 unspecified atom stereocenters. The minimum atomic E-state index is -2.73. The molecular weight excluding hydrogens is 138 g/mol. The standard InChI is InChI=1S/C7H12F2O/c1-5(4-6(2)10)7(3,8)9/h5,10H,2,4H2,1,3H3. The van der Waals surface area contributed by atoms with E-state index in [1.165, 1.54) is 6.92 Å². The van der Waals surface area contributed by atoms with E-state index in [4.69, 9.17) is 5.11 Å². The summed E-state index contributed by atoms with van der Waals surface area (Å²) in [5.74, 6) is -3.76. The van der Waals surface area contributed by atoms with Crippen molar-refractivity contribution in [2.24, 2.45) is 5.92 Å². The molecule has 0 heterocycles. The molecule has 0 spiro atoms. The fraction of sp³-hybridized carbons (Fsp3) is 0.714. The summed E-state index contributed by atoms with van der Waals surface area (Å²) < 4.78 is 24.6. The predicted octanol–water partition coefficient (Wildman–Crippen LogP) is 2.74. The van der Waals surface area contributed by atoms with Gasteiger partial charge in [0.15, 0.2) is 0 Å². The Kier molecular flexibility index (Phi) is 2.81. The SMILES string of the molecule is C=C(O)CC(C)C(C)(F)F. The van der Waals surface area contributed by atoms with Crippen LogP contribution < -0.4 is 0 Å². The summed E-state index contributed by atoms with van der Waals surface area (Å²) in [5.41, 5.74) is 0. The highest BCUT2D eigenvalue weighted by atomic mass is 19.3. The first-order valence-electron chi connectivity index (χ1n) is 3.08. The van der Waals surface area contributed by atoms with Crippen LogP contribution in [0.25, 0.3) is 0 Å². The van der Waals surface area contributed by atoms with E-state index in [1.807, 2.05) is 0 Å². The summed E-state index contributed by atoms with van der Waals surface area (Å²) in [7, 11) is 0. The van der Waals surface area contributed by atoms with Crippen molar-refractivity contribution in [2.75, 3.05) is 0 Å². The third-order valence-electron chi connectivity index (χ3n) is 1.41. The maximum Gasteiger partial charge on any atom is 0.248 e. The lowest BCUT2D eigenvalue weighted by molar-refractivity contribution is -0.0350. The number of rotatable bonds is 3. The van der Waals surface area contributed by atoms with E-state index < -0.39 is 11.8 Å². The lowest BCUT2D eigenvalue weighted by Crippen LogP contribution is -2.21. The van der Waals surface area contributed by atoms with Crippen LogP contribution in [0.5, 0.6) is 0 Å². The van der Waals surface area contributed by atoms with Gasteiger partial charge in [0.25, 0.3) is 0 Å². The molecule has 1 N–H and O–H groups in total. The average molecular weight is 150 g/mol. The highest BCUT2D eigenvalue weighted by Gasteiger charge is 2.30. The fourth-order valence-electron chi connectivity index (χ4n) is 0.533. The number of aliphatic hydroxyl groups excluding tert-OH is 1. The van der Waals surface area contributed by atoms with Gasteiger partial charge in [-0.15, -0.1) is 0 Å². The Morgan fingerprint density at radius 3 is 2.20 bits per heavy atom. The number of hydrogen-bond acceptors (Lipinski definition) is 1. The molecule has 0 aromatic carbocycles. The number of aliphatic hydroxyl groups is 1. The Balaban J connectivity index is 3.85. The molecular formula is C7H12F2O. The molecule has 10 heavy (non-hydrogen) atoms. The molecule has 0 rings (SSSR count). The van der Waals surface area contributed by atoms with Crippen molar-refractivity contribution >= 4 is 0 Å². The highest BCUT2D eigenvalue weighted by Crippen LogP contribution is 2.27. The Morgan fingerprint density at radius 1 is 1.70 bits per heavy atom. The van der Waals surface area contributed by atoms with Gasteiger partial charge in [0.05, 0.1) is 5.76 Å². The molecule has 60 valence electrons. The van der Waals surface area contributed by atoms with Crippen LogP contribution in [0, 0.1) is 5.92 Å². The van der Waals surface area contributed by atoms with E-state index in [0.717, 1.165) is 6.92 Å². The van der Waals surface area contributed by atoms with E-state index in [2.05, 4.69) is 6.58 Å². The number of alkyl halides is 2. The van der Waals surface area contributed by atoms with Gasteiger partial charge >= 0.3 is 0 Å². The molecule has 0 aliphatic carbocycles. The van der Waals surface area contributed by atoms with Crippen molar-refractivity contribution in [3.8, 4) is 0 Å². The maximum atomic E-state index is 12.3. The zero-order chi connectivity index (χ0) is 8.36. The summed E-state index contributed by atoms with van der Waals surface area (Å²) >= 11 is 0. The van der Waals surface area contributed by atoms with E-state index >= 15 is 0 Å². The highest BCUT2D eigenvalue weighted by molar-refractivity contribution is 4.84. The molecule has 0 aliphatic rings. The minimum absolute atomic E-state index is 0.0382. The lowest BCUT2D eigenvalue weighted by Gasteiger charge is -2.17. The molecule has 0 aliphatic heterocycles. The van der Waals surface area contributed by atoms with Crippen LogP contribution in [0.4, 0.5) is 8.78 Å². The molecule has 0 aromatic heterocycles. The van der Waals surface area contributed by atoms with Gasteiger partial charge in [-0.2, -0.15) is 0 Å². The van der Waals surface area contributed by atoms with Gasteiger partial charge in [-0.3, -0.25) is 0 Å². The van der Waals surface area contributed by atoms with Crippen molar-refractivity contribution in [2.45, 2.75) is 26.2 Å². The first-order valence-corrected chi connectivity index (χ1v) is 3.08. The van der Waals surface area contributed by atoms with Crippen LogP contribution in [-0.4, -0.2) is 11.0 Å². The molecule has 0 saturated heterocycles. The first-order chi connectivity index (χ1) is 4.34. The Hall–Kier alpha value is -0.600. The van der Waals surface area contributed by atoms with Crippen molar-refractivity contribution in [3.05, 3.63) is 12.3 Å². The molecule has 0 amide bonds. The van der Waals surface area contributed by atoms with Crippen LogP contribution in [0.15, 0.2) is 12.3 Å². The van der Waals surface area contributed by atoms with Crippen LogP contribution in [-0.2, 0) is 0 Å². The van der Waals surface area contributed by atoms with Crippen molar-refractivity contribution < 1.29 is 13.9 Å². The third kappa shape index (κ3) is 3.43. The summed E-state index contributed by atoms with van der Waals surface area (Å²) in [5, 5.41) is 8.56. The fourth-order valence-corrected chi connectivity index (χ4v) is 0.533. The quantitative estimate of drug-likeness (QED) is 0.613. The molecule has 0 fully saturated rings. The monoisotopic (exact) mass is 150 g/mol. The second kappa shape index (κ2) is 2.99. The maximum absolute atomic E-state index is 12.3. The average Bonchev–Trinajstić information content (AvgIpc) is 1.60. The molecule has 0 radical (unpaired) electrons. The normalized spacial score (nSPS) is 14.8. The second-order valence-electron chi connectivity index (χ2n) is 2.63. The molecule has 3 heteroatoms. The smallest absolute Gasteiger partial charge is 0.248 e. The van der Waals surface area contributed by atoms with Crippen LogP contribution in [0.2, 0.25) is 0 Å². The Bertz CT molecular complexity index is 126. The summed E-state index contributed by atoms with van der Waals surface area (Å²) in [6.07, 6.45) is -0.0382.